The Labute approximate surface area is 209 Å². The van der Waals surface area contributed by atoms with E-state index in [1.807, 2.05) is 61.5 Å². The van der Waals surface area contributed by atoms with Crippen molar-refractivity contribution in [1.29, 1.82) is 5.26 Å². The largest absolute Gasteiger partial charge is 0.492 e. The average Bonchev–Trinajstić information content (AvgIpc) is 2.93. The summed E-state index contributed by atoms with van der Waals surface area (Å²) in [6.07, 6.45) is 3.24. The van der Waals surface area contributed by atoms with Gasteiger partial charge in [-0.2, -0.15) is 5.26 Å². The highest BCUT2D eigenvalue weighted by Gasteiger charge is 2.26. The summed E-state index contributed by atoms with van der Waals surface area (Å²) < 4.78 is 18.7. The van der Waals surface area contributed by atoms with Gasteiger partial charge in [-0.25, -0.2) is 0 Å². The molecule has 1 atom stereocenters. The molecule has 178 valence electrons. The maximum absolute atomic E-state index is 12.3. The number of pyridine rings is 1. The second kappa shape index (κ2) is 10.3. The molecule has 3 aromatic carbocycles. The molecule has 0 aliphatic carbocycles. The molecule has 6 nitrogen and oxygen atoms in total. The number of carbonyl (C=O) groups is 1. The van der Waals surface area contributed by atoms with Crippen LogP contribution in [0.4, 0.5) is 0 Å². The zero-order chi connectivity index (χ0) is 24.9. The van der Waals surface area contributed by atoms with Crippen LogP contribution in [0.5, 0.6) is 17.2 Å². The minimum Gasteiger partial charge on any atom is -0.492 e. The van der Waals surface area contributed by atoms with Crippen LogP contribution in [0.3, 0.4) is 0 Å². The summed E-state index contributed by atoms with van der Waals surface area (Å²) in [5, 5.41) is 9.51. The van der Waals surface area contributed by atoms with Crippen molar-refractivity contribution in [2.45, 2.75) is 26.1 Å². The number of rotatable bonds is 7. The van der Waals surface area contributed by atoms with Gasteiger partial charge in [0.25, 0.3) is 0 Å². The highest BCUT2D eigenvalue weighted by atomic mass is 16.5. The molecule has 0 unspecified atom stereocenters. The lowest BCUT2D eigenvalue weighted by Gasteiger charge is -2.26. The molecule has 0 saturated heterocycles. The number of aromatic nitrogens is 1. The van der Waals surface area contributed by atoms with Crippen molar-refractivity contribution in [2.24, 2.45) is 0 Å². The summed E-state index contributed by atoms with van der Waals surface area (Å²) >= 11 is 0. The number of nitrogens with zero attached hydrogens (tertiary/aromatic N) is 2. The fourth-order valence-corrected chi connectivity index (χ4v) is 4.24. The third kappa shape index (κ3) is 4.77. The number of ether oxygens (including phenoxy) is 3. The molecule has 0 N–H and O–H groups in total. The maximum atomic E-state index is 12.3. The number of nitriles is 1. The molecule has 0 radical (unpaired) electrons. The van der Waals surface area contributed by atoms with Crippen LogP contribution in [0, 0.1) is 18.3 Å². The first-order chi connectivity index (χ1) is 17.6. The number of Topliss-reactive ketones (excluding diaryl/α,β-unsaturated/α-hetero) is 1. The molecular formula is C30H24N2O4. The summed E-state index contributed by atoms with van der Waals surface area (Å²) in [4.78, 5) is 16.5. The van der Waals surface area contributed by atoms with E-state index in [1.54, 1.807) is 30.6 Å². The number of hydrogen-bond acceptors (Lipinski definition) is 6. The second-order valence-corrected chi connectivity index (χ2v) is 8.50. The van der Waals surface area contributed by atoms with Crippen LogP contribution in [-0.2, 0) is 6.61 Å². The van der Waals surface area contributed by atoms with Crippen molar-refractivity contribution < 1.29 is 19.0 Å². The molecule has 1 aliphatic heterocycles. The highest BCUT2D eigenvalue weighted by Crippen LogP contribution is 2.40. The average molecular weight is 477 g/mol. The zero-order valence-electron chi connectivity index (χ0n) is 19.8. The number of fused-ring (bicyclic) bond motifs is 1. The van der Waals surface area contributed by atoms with Gasteiger partial charge in [0.1, 0.15) is 23.9 Å². The Morgan fingerprint density at radius 1 is 1.03 bits per heavy atom. The van der Waals surface area contributed by atoms with Crippen molar-refractivity contribution >= 4 is 5.78 Å². The first-order valence-electron chi connectivity index (χ1n) is 11.7. The molecular weight excluding hydrogens is 452 g/mol. The van der Waals surface area contributed by atoms with Crippen LogP contribution in [0.15, 0.2) is 85.2 Å². The van der Waals surface area contributed by atoms with E-state index >= 15 is 0 Å². The number of benzene rings is 3. The summed E-state index contributed by atoms with van der Waals surface area (Å²) in [5.74, 6) is 1.79. The maximum Gasteiger partial charge on any atom is 0.170 e. The van der Waals surface area contributed by atoms with E-state index in [0.29, 0.717) is 48.0 Å². The Kier molecular flexibility index (Phi) is 6.63. The van der Waals surface area contributed by atoms with Crippen LogP contribution >= 0.6 is 0 Å². The summed E-state index contributed by atoms with van der Waals surface area (Å²) in [6, 6.07) is 24.7. The quantitative estimate of drug-likeness (QED) is 0.327. The molecule has 0 spiro atoms. The topological polar surface area (TPSA) is 81.4 Å². The van der Waals surface area contributed by atoms with Gasteiger partial charge in [0, 0.05) is 35.5 Å². The minimum atomic E-state index is -0.553. The van der Waals surface area contributed by atoms with E-state index in [9.17, 15) is 10.1 Å². The molecule has 0 fully saturated rings. The zero-order valence-corrected chi connectivity index (χ0v) is 19.8. The Balaban J connectivity index is 1.55. The lowest BCUT2D eigenvalue weighted by molar-refractivity contribution is 0.0932. The molecule has 0 bridgehead atoms. The van der Waals surface area contributed by atoms with Crippen LogP contribution in [-0.4, -0.2) is 17.4 Å². The van der Waals surface area contributed by atoms with Crippen LogP contribution in [0.1, 0.15) is 50.7 Å². The molecule has 1 aliphatic rings. The molecule has 36 heavy (non-hydrogen) atoms. The Hall–Kier alpha value is -4.63. The van der Waals surface area contributed by atoms with Crippen LogP contribution < -0.4 is 14.2 Å². The summed E-state index contributed by atoms with van der Waals surface area (Å²) in [7, 11) is 0. The van der Waals surface area contributed by atoms with Crippen molar-refractivity contribution in [3.05, 3.63) is 119 Å². The lowest BCUT2D eigenvalue weighted by atomic mass is 9.98. The van der Waals surface area contributed by atoms with Gasteiger partial charge in [-0.3, -0.25) is 9.78 Å². The van der Waals surface area contributed by atoms with Gasteiger partial charge < -0.3 is 14.2 Å². The molecule has 0 saturated carbocycles. The van der Waals surface area contributed by atoms with Crippen molar-refractivity contribution in [2.75, 3.05) is 6.61 Å². The fourth-order valence-electron chi connectivity index (χ4n) is 4.24. The number of carbonyl (C=O) groups excluding carboxylic acids is 1. The van der Waals surface area contributed by atoms with Crippen LogP contribution in [0.25, 0.3) is 0 Å². The van der Waals surface area contributed by atoms with E-state index in [2.05, 4.69) is 11.1 Å². The van der Waals surface area contributed by atoms with Gasteiger partial charge in [-0.1, -0.05) is 30.3 Å². The van der Waals surface area contributed by atoms with E-state index in [0.717, 1.165) is 22.3 Å². The highest BCUT2D eigenvalue weighted by molar-refractivity contribution is 6.00. The van der Waals surface area contributed by atoms with Gasteiger partial charge in [-0.05, 0) is 55.0 Å². The molecule has 4 aromatic rings. The van der Waals surface area contributed by atoms with E-state index in [-0.39, 0.29) is 5.78 Å². The smallest absolute Gasteiger partial charge is 0.170 e. The van der Waals surface area contributed by atoms with Crippen molar-refractivity contribution in [1.82, 2.24) is 4.98 Å². The molecule has 1 aromatic heterocycles. The third-order valence-corrected chi connectivity index (χ3v) is 6.15. The van der Waals surface area contributed by atoms with Crippen molar-refractivity contribution in [3.8, 4) is 23.3 Å². The normalized spacial score (nSPS) is 13.2. The Morgan fingerprint density at radius 2 is 1.83 bits per heavy atom. The standard InChI is InChI=1S/C30H24N2O4/c1-20-27(10-9-24-26(33)13-16-34-29(20)24)36-30(23-11-14-32-15-12-23)25-8-7-22(18-31)17-28(25)35-19-21-5-3-2-4-6-21/h2-12,14-15,17,30H,13,16,19H2,1H3/t30-/m1/s1. The predicted molar refractivity (Wildman–Crippen MR) is 134 cm³/mol. The van der Waals surface area contributed by atoms with Gasteiger partial charge >= 0.3 is 0 Å². The van der Waals surface area contributed by atoms with Gasteiger partial charge in [0.2, 0.25) is 0 Å². The first kappa shape index (κ1) is 23.1. The SMILES string of the molecule is Cc1c(O[C@H](c2ccncc2)c2ccc(C#N)cc2OCc2ccccc2)ccc2c1OCCC2=O. The fraction of sp³-hybridized carbons (Fsp3) is 0.167. The molecule has 2 heterocycles. The first-order valence-corrected chi connectivity index (χ1v) is 11.7. The Bertz CT molecular complexity index is 1430. The monoisotopic (exact) mass is 476 g/mol. The van der Waals surface area contributed by atoms with E-state index in [1.165, 1.54) is 0 Å². The van der Waals surface area contributed by atoms with Gasteiger partial charge in [-0.15, -0.1) is 0 Å². The number of hydrogen-bond donors (Lipinski definition) is 0. The lowest BCUT2D eigenvalue weighted by Crippen LogP contribution is -2.17. The number of ketones is 1. The van der Waals surface area contributed by atoms with Crippen LogP contribution in [0.2, 0.25) is 0 Å². The summed E-state index contributed by atoms with van der Waals surface area (Å²) in [5.41, 5.74) is 4.49. The van der Waals surface area contributed by atoms with Crippen molar-refractivity contribution in [3.63, 3.8) is 0 Å². The van der Waals surface area contributed by atoms with Gasteiger partial charge in [0.05, 0.1) is 23.8 Å². The summed E-state index contributed by atoms with van der Waals surface area (Å²) in [6.45, 7) is 2.60. The predicted octanol–water partition coefficient (Wildman–Crippen LogP) is 5.97. The molecule has 6 heteroatoms. The van der Waals surface area contributed by atoms with E-state index in [4.69, 9.17) is 14.2 Å². The van der Waals surface area contributed by atoms with E-state index < -0.39 is 6.10 Å². The Morgan fingerprint density at radius 3 is 2.61 bits per heavy atom. The third-order valence-electron chi connectivity index (χ3n) is 6.15. The molecule has 0 amide bonds. The molecule has 5 rings (SSSR count). The van der Waals surface area contributed by atoms with Gasteiger partial charge in [0.15, 0.2) is 11.9 Å². The minimum absolute atomic E-state index is 0.0697. The second-order valence-electron chi connectivity index (χ2n) is 8.50.